The van der Waals surface area contributed by atoms with Crippen molar-refractivity contribution in [2.75, 3.05) is 10.8 Å². The normalized spacial score (nSPS) is 11.0. The van der Waals surface area contributed by atoms with Crippen molar-refractivity contribution in [1.82, 2.24) is 0 Å². The molecular formula is C15H12ClN3O8S. The lowest BCUT2D eigenvalue weighted by molar-refractivity contribution is -0.387. The lowest BCUT2D eigenvalue weighted by atomic mass is 10.2. The van der Waals surface area contributed by atoms with E-state index >= 15 is 0 Å². The summed E-state index contributed by atoms with van der Waals surface area (Å²) in [6.45, 7) is -0.648. The number of para-hydroxylation sites is 1. The number of anilines is 1. The molecule has 0 aliphatic heterocycles. The van der Waals surface area contributed by atoms with Crippen LogP contribution in [-0.2, 0) is 14.8 Å². The van der Waals surface area contributed by atoms with Crippen LogP contribution in [0.3, 0.4) is 0 Å². The van der Waals surface area contributed by atoms with Crippen LogP contribution in [0.15, 0.2) is 47.4 Å². The van der Waals surface area contributed by atoms with Gasteiger partial charge in [-0.25, -0.2) is 8.42 Å². The quantitative estimate of drug-likeness (QED) is 0.494. The van der Waals surface area contributed by atoms with Crippen LogP contribution in [0, 0.1) is 20.2 Å². The van der Waals surface area contributed by atoms with E-state index < -0.39 is 55.1 Å². The molecule has 11 nitrogen and oxygen atoms in total. The van der Waals surface area contributed by atoms with E-state index in [9.17, 15) is 33.4 Å². The summed E-state index contributed by atoms with van der Waals surface area (Å²) in [6, 6.07) is 7.44. The average Bonchev–Trinajstić information content (AvgIpc) is 2.62. The maximum absolute atomic E-state index is 13.1. The zero-order valence-electron chi connectivity index (χ0n) is 13.9. The molecule has 0 saturated heterocycles. The fourth-order valence-corrected chi connectivity index (χ4v) is 4.22. The molecule has 0 amide bonds. The van der Waals surface area contributed by atoms with Crippen molar-refractivity contribution in [3.63, 3.8) is 0 Å². The second-order valence-electron chi connectivity index (χ2n) is 5.34. The molecule has 0 aromatic heterocycles. The summed E-state index contributed by atoms with van der Waals surface area (Å²) in [6.07, 6.45) is -0.668. The molecule has 0 saturated carbocycles. The second-order valence-corrected chi connectivity index (χ2v) is 7.58. The van der Waals surface area contributed by atoms with Gasteiger partial charge >= 0.3 is 5.97 Å². The molecule has 0 heterocycles. The highest BCUT2D eigenvalue weighted by atomic mass is 35.5. The summed E-state index contributed by atoms with van der Waals surface area (Å²) in [4.78, 5) is 30.8. The number of benzene rings is 2. The fraction of sp³-hybridized carbons (Fsp3) is 0.133. The highest BCUT2D eigenvalue weighted by Gasteiger charge is 2.33. The van der Waals surface area contributed by atoms with Crippen LogP contribution in [0.4, 0.5) is 17.1 Å². The van der Waals surface area contributed by atoms with Gasteiger partial charge in [0.2, 0.25) is 0 Å². The Hall–Kier alpha value is -3.25. The molecular weight excluding hydrogens is 418 g/mol. The third-order valence-electron chi connectivity index (χ3n) is 3.57. The zero-order chi connectivity index (χ0) is 21.1. The first-order valence-electron chi connectivity index (χ1n) is 7.47. The summed E-state index contributed by atoms with van der Waals surface area (Å²) in [5.41, 5.74) is -1.59. The maximum Gasteiger partial charge on any atom is 0.305 e. The first kappa shape index (κ1) is 21.1. The molecule has 0 spiro atoms. The summed E-state index contributed by atoms with van der Waals surface area (Å²) in [5.74, 6) is -1.34. The van der Waals surface area contributed by atoms with Crippen LogP contribution in [0.1, 0.15) is 6.42 Å². The Kier molecular flexibility index (Phi) is 6.16. The van der Waals surface area contributed by atoms with Gasteiger partial charge in [-0.05, 0) is 12.1 Å². The van der Waals surface area contributed by atoms with E-state index in [2.05, 4.69) is 0 Å². The van der Waals surface area contributed by atoms with Gasteiger partial charge in [0.05, 0.1) is 27.0 Å². The Labute approximate surface area is 163 Å². The number of halogens is 1. The van der Waals surface area contributed by atoms with Crippen LogP contribution in [-0.4, -0.2) is 35.9 Å². The molecule has 0 aliphatic carbocycles. The topological polar surface area (TPSA) is 161 Å². The lowest BCUT2D eigenvalue weighted by Gasteiger charge is -2.24. The molecule has 2 aromatic rings. The second kappa shape index (κ2) is 8.19. The van der Waals surface area contributed by atoms with Crippen molar-refractivity contribution in [2.24, 2.45) is 0 Å². The molecule has 0 aliphatic rings. The average molecular weight is 430 g/mol. The molecule has 2 aromatic carbocycles. The molecule has 0 bridgehead atoms. The van der Waals surface area contributed by atoms with Crippen molar-refractivity contribution < 1.29 is 28.2 Å². The minimum absolute atomic E-state index is 0.210. The number of nitro groups is 2. The van der Waals surface area contributed by atoms with Crippen LogP contribution in [0.2, 0.25) is 5.02 Å². The van der Waals surface area contributed by atoms with E-state index in [1.807, 2.05) is 0 Å². The molecule has 0 unspecified atom stereocenters. The number of non-ortho nitro benzene ring substituents is 1. The zero-order valence-corrected chi connectivity index (χ0v) is 15.5. The van der Waals surface area contributed by atoms with Crippen LogP contribution in [0.5, 0.6) is 0 Å². The van der Waals surface area contributed by atoms with Gasteiger partial charge in [0, 0.05) is 24.7 Å². The van der Waals surface area contributed by atoms with E-state index in [-0.39, 0.29) is 10.7 Å². The van der Waals surface area contributed by atoms with Gasteiger partial charge in [-0.2, -0.15) is 0 Å². The predicted octanol–water partition coefficient (Wildman–Crippen LogP) is 2.83. The van der Waals surface area contributed by atoms with Crippen LogP contribution >= 0.6 is 11.6 Å². The Morgan fingerprint density at radius 3 is 2.32 bits per heavy atom. The van der Waals surface area contributed by atoms with Gasteiger partial charge in [-0.15, -0.1) is 0 Å². The summed E-state index contributed by atoms with van der Waals surface area (Å²) >= 11 is 6.00. The van der Waals surface area contributed by atoms with Crippen molar-refractivity contribution >= 4 is 44.7 Å². The number of carboxylic acid groups (broad SMARTS) is 1. The molecule has 1 N–H and O–H groups in total. The molecule has 13 heteroatoms. The Bertz CT molecular complexity index is 1060. The number of sulfonamides is 1. The predicted molar refractivity (Wildman–Crippen MR) is 98.0 cm³/mol. The summed E-state index contributed by atoms with van der Waals surface area (Å²) in [5, 5.41) is 31.0. The summed E-state index contributed by atoms with van der Waals surface area (Å²) in [7, 11) is -4.67. The Balaban J connectivity index is 2.71. The lowest BCUT2D eigenvalue weighted by Crippen LogP contribution is -2.33. The minimum atomic E-state index is -4.67. The number of nitro benzene ring substituents is 2. The molecule has 0 atom stereocenters. The Morgan fingerprint density at radius 2 is 1.75 bits per heavy atom. The first-order chi connectivity index (χ1) is 13.1. The molecule has 2 rings (SSSR count). The Morgan fingerprint density at radius 1 is 1.11 bits per heavy atom. The van der Waals surface area contributed by atoms with Crippen molar-refractivity contribution in [2.45, 2.75) is 11.3 Å². The van der Waals surface area contributed by atoms with Gasteiger partial charge in [-0.1, -0.05) is 23.7 Å². The van der Waals surface area contributed by atoms with Gasteiger partial charge in [0.15, 0.2) is 4.90 Å². The SMILES string of the molecule is O=C(O)CCN(c1cc([N+](=O)[O-])ccc1Cl)S(=O)(=O)c1ccccc1[N+](=O)[O-]. The van der Waals surface area contributed by atoms with Crippen molar-refractivity contribution in [1.29, 1.82) is 0 Å². The van der Waals surface area contributed by atoms with Gasteiger partial charge in [0.25, 0.3) is 21.4 Å². The van der Waals surface area contributed by atoms with E-state index in [4.69, 9.17) is 16.7 Å². The first-order valence-corrected chi connectivity index (χ1v) is 9.29. The van der Waals surface area contributed by atoms with Crippen molar-refractivity contribution in [3.8, 4) is 0 Å². The van der Waals surface area contributed by atoms with Gasteiger partial charge < -0.3 is 5.11 Å². The number of aliphatic carboxylic acids is 1. The van der Waals surface area contributed by atoms with Gasteiger partial charge in [-0.3, -0.25) is 29.3 Å². The third kappa shape index (κ3) is 4.35. The minimum Gasteiger partial charge on any atom is -0.481 e. The number of hydrogen-bond donors (Lipinski definition) is 1. The van der Waals surface area contributed by atoms with E-state index in [0.29, 0.717) is 4.31 Å². The summed E-state index contributed by atoms with van der Waals surface area (Å²) < 4.78 is 26.7. The number of nitrogens with zero attached hydrogens (tertiary/aromatic N) is 3. The maximum atomic E-state index is 13.1. The van der Waals surface area contributed by atoms with Crippen molar-refractivity contribution in [3.05, 3.63) is 67.7 Å². The highest BCUT2D eigenvalue weighted by molar-refractivity contribution is 7.93. The third-order valence-corrected chi connectivity index (χ3v) is 5.75. The van der Waals surface area contributed by atoms with Crippen LogP contribution < -0.4 is 4.31 Å². The standard InChI is InChI=1S/C15H12ClN3O8S/c16-11-6-5-10(18(22)23)9-13(11)17(8-7-15(20)21)28(26,27)14-4-2-1-3-12(14)19(24)25/h1-6,9H,7-8H2,(H,20,21). The van der Waals surface area contributed by atoms with E-state index in [0.717, 1.165) is 30.3 Å². The number of carbonyl (C=O) groups is 1. The fourth-order valence-electron chi connectivity index (χ4n) is 2.32. The molecule has 28 heavy (non-hydrogen) atoms. The molecule has 148 valence electrons. The highest BCUT2D eigenvalue weighted by Crippen LogP contribution is 2.36. The van der Waals surface area contributed by atoms with Crippen LogP contribution in [0.25, 0.3) is 0 Å². The molecule has 0 fully saturated rings. The largest absolute Gasteiger partial charge is 0.481 e. The smallest absolute Gasteiger partial charge is 0.305 e. The number of carboxylic acids is 1. The van der Waals surface area contributed by atoms with E-state index in [1.54, 1.807) is 0 Å². The number of hydrogen-bond acceptors (Lipinski definition) is 7. The van der Waals surface area contributed by atoms with E-state index in [1.165, 1.54) is 12.1 Å². The number of rotatable bonds is 8. The monoisotopic (exact) mass is 429 g/mol. The van der Waals surface area contributed by atoms with Gasteiger partial charge in [0.1, 0.15) is 0 Å². The molecule has 0 radical (unpaired) electrons.